The first-order valence-corrected chi connectivity index (χ1v) is 3.98. The number of aromatic nitrogens is 2. The fraction of sp³-hybridized carbons (Fsp3) is 0.143. The summed E-state index contributed by atoms with van der Waals surface area (Å²) < 4.78 is 0. The smallest absolute Gasteiger partial charge is 0.225 e. The summed E-state index contributed by atoms with van der Waals surface area (Å²) in [5, 5.41) is 3.26. The van der Waals surface area contributed by atoms with Gasteiger partial charge in [0.25, 0.3) is 0 Å². The molecule has 0 aliphatic heterocycles. The Morgan fingerprint density at radius 1 is 1.42 bits per heavy atom. The van der Waals surface area contributed by atoms with E-state index in [0.717, 1.165) is 0 Å². The maximum absolute atomic E-state index is 5.77. The molecule has 0 aliphatic rings. The molecule has 0 fully saturated rings. The van der Waals surface area contributed by atoms with Crippen molar-refractivity contribution in [3.8, 4) is 0 Å². The Hall–Kier alpha value is -0.800. The molecule has 0 amide bonds. The maximum atomic E-state index is 5.77. The molecule has 0 bridgehead atoms. The van der Waals surface area contributed by atoms with Gasteiger partial charge in [-0.3, -0.25) is 0 Å². The minimum atomic E-state index is 0.120. The van der Waals surface area contributed by atoms with E-state index in [4.69, 9.17) is 23.2 Å². The molecule has 3 nitrogen and oxygen atoms in total. The standard InChI is InChI=1S/C7H7Cl2N3/c1-3-4-5(8)11-7(9)12-6(4)10-2/h3H,1H2,2H3,(H,10,11,12). The average molecular weight is 204 g/mol. The van der Waals surface area contributed by atoms with Crippen molar-refractivity contribution in [2.75, 3.05) is 12.4 Å². The van der Waals surface area contributed by atoms with Crippen molar-refractivity contribution in [3.63, 3.8) is 0 Å². The van der Waals surface area contributed by atoms with Crippen molar-refractivity contribution < 1.29 is 0 Å². The number of rotatable bonds is 2. The first-order chi connectivity index (χ1) is 5.69. The predicted octanol–water partition coefficient (Wildman–Crippen LogP) is 2.47. The summed E-state index contributed by atoms with van der Waals surface area (Å²) in [5.74, 6) is 0.579. The van der Waals surface area contributed by atoms with Crippen LogP contribution in [0.4, 0.5) is 5.82 Å². The Bertz CT molecular complexity index is 312. The van der Waals surface area contributed by atoms with Crippen molar-refractivity contribution in [2.45, 2.75) is 0 Å². The molecular weight excluding hydrogens is 197 g/mol. The highest BCUT2D eigenvalue weighted by atomic mass is 35.5. The molecule has 0 radical (unpaired) electrons. The van der Waals surface area contributed by atoms with Crippen molar-refractivity contribution in [1.82, 2.24) is 9.97 Å². The lowest BCUT2D eigenvalue weighted by Crippen LogP contribution is -1.98. The van der Waals surface area contributed by atoms with Crippen LogP contribution >= 0.6 is 23.2 Å². The van der Waals surface area contributed by atoms with Crippen molar-refractivity contribution in [1.29, 1.82) is 0 Å². The largest absolute Gasteiger partial charge is 0.372 e. The van der Waals surface area contributed by atoms with Crippen molar-refractivity contribution >= 4 is 35.1 Å². The number of halogens is 2. The summed E-state index contributed by atoms with van der Waals surface area (Å²) in [6.07, 6.45) is 1.57. The van der Waals surface area contributed by atoms with E-state index in [1.165, 1.54) is 0 Å². The van der Waals surface area contributed by atoms with Gasteiger partial charge in [0.2, 0.25) is 5.28 Å². The molecule has 0 atom stereocenters. The van der Waals surface area contributed by atoms with E-state index >= 15 is 0 Å². The zero-order valence-corrected chi connectivity index (χ0v) is 7.95. The second-order valence-electron chi connectivity index (χ2n) is 2.00. The second kappa shape index (κ2) is 3.74. The molecule has 0 saturated carbocycles. The SMILES string of the molecule is C=Cc1c(Cl)nc(Cl)nc1NC. The minimum Gasteiger partial charge on any atom is -0.372 e. The van der Waals surface area contributed by atoms with Crippen LogP contribution in [0.25, 0.3) is 6.08 Å². The third-order valence-corrected chi connectivity index (χ3v) is 1.77. The number of nitrogens with zero attached hydrogens (tertiary/aromatic N) is 2. The normalized spacial score (nSPS) is 9.58. The van der Waals surface area contributed by atoms with Gasteiger partial charge in [0.1, 0.15) is 11.0 Å². The highest BCUT2D eigenvalue weighted by Crippen LogP contribution is 2.23. The zero-order valence-electron chi connectivity index (χ0n) is 6.43. The lowest BCUT2D eigenvalue weighted by molar-refractivity contribution is 1.15. The summed E-state index contributed by atoms with van der Waals surface area (Å²) in [7, 11) is 1.72. The van der Waals surface area contributed by atoms with Gasteiger partial charge in [-0.05, 0) is 11.6 Å². The van der Waals surface area contributed by atoms with E-state index in [1.807, 2.05) is 0 Å². The van der Waals surface area contributed by atoms with Gasteiger partial charge in [-0.1, -0.05) is 24.3 Å². The van der Waals surface area contributed by atoms with Gasteiger partial charge in [-0.25, -0.2) is 9.97 Å². The topological polar surface area (TPSA) is 37.8 Å². The van der Waals surface area contributed by atoms with Gasteiger partial charge in [0, 0.05) is 7.05 Å². The van der Waals surface area contributed by atoms with Gasteiger partial charge in [-0.15, -0.1) is 0 Å². The lowest BCUT2D eigenvalue weighted by atomic mass is 10.3. The molecule has 1 aromatic rings. The van der Waals surface area contributed by atoms with Crippen LogP contribution in [0.3, 0.4) is 0 Å². The minimum absolute atomic E-state index is 0.120. The van der Waals surface area contributed by atoms with Gasteiger partial charge < -0.3 is 5.32 Å². The Balaban J connectivity index is 3.33. The average Bonchev–Trinajstić information content (AvgIpc) is 2.03. The Morgan fingerprint density at radius 2 is 2.08 bits per heavy atom. The van der Waals surface area contributed by atoms with Crippen LogP contribution in [0, 0.1) is 0 Å². The third kappa shape index (κ3) is 1.68. The summed E-state index contributed by atoms with van der Waals surface area (Å²) in [6.45, 7) is 3.58. The molecular formula is C7H7Cl2N3. The summed E-state index contributed by atoms with van der Waals surface area (Å²) in [5.41, 5.74) is 0.656. The van der Waals surface area contributed by atoms with Crippen LogP contribution in [0.2, 0.25) is 10.4 Å². The van der Waals surface area contributed by atoms with E-state index < -0.39 is 0 Å². The van der Waals surface area contributed by atoms with E-state index in [0.29, 0.717) is 16.5 Å². The highest BCUT2D eigenvalue weighted by molar-refractivity contribution is 6.33. The van der Waals surface area contributed by atoms with Crippen LogP contribution in [0.5, 0.6) is 0 Å². The van der Waals surface area contributed by atoms with E-state index in [1.54, 1.807) is 13.1 Å². The van der Waals surface area contributed by atoms with Crippen LogP contribution in [0.1, 0.15) is 5.56 Å². The molecule has 0 aromatic carbocycles. The molecule has 0 saturated heterocycles. The van der Waals surface area contributed by atoms with Gasteiger partial charge >= 0.3 is 0 Å². The number of nitrogens with one attached hydrogen (secondary N) is 1. The highest BCUT2D eigenvalue weighted by Gasteiger charge is 2.07. The van der Waals surface area contributed by atoms with Crippen LogP contribution in [-0.2, 0) is 0 Å². The summed E-state index contributed by atoms with van der Waals surface area (Å²) in [6, 6.07) is 0. The fourth-order valence-corrected chi connectivity index (χ4v) is 1.25. The fourth-order valence-electron chi connectivity index (χ4n) is 0.788. The van der Waals surface area contributed by atoms with Crippen LogP contribution < -0.4 is 5.32 Å². The molecule has 1 N–H and O–H groups in total. The molecule has 0 aliphatic carbocycles. The first kappa shape index (κ1) is 9.29. The Morgan fingerprint density at radius 3 is 2.58 bits per heavy atom. The second-order valence-corrected chi connectivity index (χ2v) is 2.70. The van der Waals surface area contributed by atoms with E-state index in [9.17, 15) is 0 Å². The van der Waals surface area contributed by atoms with Gasteiger partial charge in [0.15, 0.2) is 0 Å². The Labute approximate surface area is 80.4 Å². The van der Waals surface area contributed by atoms with Crippen molar-refractivity contribution in [2.24, 2.45) is 0 Å². The van der Waals surface area contributed by atoms with Gasteiger partial charge in [0.05, 0.1) is 5.56 Å². The summed E-state index contributed by atoms with van der Waals surface area (Å²) >= 11 is 11.3. The predicted molar refractivity (Wildman–Crippen MR) is 51.7 cm³/mol. The Kier molecular flexibility index (Phi) is 2.89. The van der Waals surface area contributed by atoms with Crippen molar-refractivity contribution in [3.05, 3.63) is 22.6 Å². The number of anilines is 1. The molecule has 0 spiro atoms. The molecule has 1 heterocycles. The molecule has 1 rings (SSSR count). The number of hydrogen-bond donors (Lipinski definition) is 1. The molecule has 64 valence electrons. The number of hydrogen-bond acceptors (Lipinski definition) is 3. The quantitative estimate of drug-likeness (QED) is 0.593. The zero-order chi connectivity index (χ0) is 9.14. The molecule has 5 heteroatoms. The monoisotopic (exact) mass is 203 g/mol. The first-order valence-electron chi connectivity index (χ1n) is 3.22. The van der Waals surface area contributed by atoms with E-state index in [-0.39, 0.29) is 5.28 Å². The maximum Gasteiger partial charge on any atom is 0.225 e. The lowest BCUT2D eigenvalue weighted by Gasteiger charge is -2.04. The van der Waals surface area contributed by atoms with E-state index in [2.05, 4.69) is 21.9 Å². The van der Waals surface area contributed by atoms with Gasteiger partial charge in [-0.2, -0.15) is 0 Å². The van der Waals surface area contributed by atoms with Crippen LogP contribution in [0.15, 0.2) is 6.58 Å². The molecule has 12 heavy (non-hydrogen) atoms. The molecule has 1 aromatic heterocycles. The molecule has 0 unspecified atom stereocenters. The third-order valence-electron chi connectivity index (χ3n) is 1.31. The van der Waals surface area contributed by atoms with Crippen LogP contribution in [-0.4, -0.2) is 17.0 Å². The summed E-state index contributed by atoms with van der Waals surface area (Å²) in [4.78, 5) is 7.67.